The molecular formula is C19H17BrFN3O3. The van der Waals surface area contributed by atoms with Crippen molar-refractivity contribution < 1.29 is 18.8 Å². The largest absolute Gasteiger partial charge is 0.353 e. The Labute approximate surface area is 163 Å². The smallest absolute Gasteiger partial charge is 0.254 e. The van der Waals surface area contributed by atoms with Gasteiger partial charge in [-0.25, -0.2) is 4.39 Å². The molecule has 0 unspecified atom stereocenters. The van der Waals surface area contributed by atoms with Crippen molar-refractivity contribution in [3.63, 3.8) is 0 Å². The molecule has 1 heterocycles. The first-order valence-electron chi connectivity index (χ1n) is 8.31. The Balaban J connectivity index is 1.59. The van der Waals surface area contributed by atoms with Crippen molar-refractivity contribution in [2.75, 3.05) is 19.6 Å². The van der Waals surface area contributed by atoms with Gasteiger partial charge in [0.05, 0.1) is 6.54 Å². The minimum atomic E-state index is -0.496. The molecule has 27 heavy (non-hydrogen) atoms. The van der Waals surface area contributed by atoms with E-state index in [1.807, 2.05) is 0 Å². The maximum Gasteiger partial charge on any atom is 0.254 e. The highest BCUT2D eigenvalue weighted by Crippen LogP contribution is 2.15. The van der Waals surface area contributed by atoms with Crippen molar-refractivity contribution in [1.29, 1.82) is 0 Å². The second-order valence-corrected chi connectivity index (χ2v) is 7.03. The fourth-order valence-corrected chi connectivity index (χ4v) is 3.19. The molecule has 140 valence electrons. The van der Waals surface area contributed by atoms with Gasteiger partial charge in [0.2, 0.25) is 5.91 Å². The summed E-state index contributed by atoms with van der Waals surface area (Å²) in [5.41, 5.74) is 1.50. The Bertz CT molecular complexity index is 866. The number of carbonyl (C=O) groups is 3. The number of nitrogens with one attached hydrogen (secondary N) is 2. The summed E-state index contributed by atoms with van der Waals surface area (Å²) in [6.45, 7) is 1.23. The van der Waals surface area contributed by atoms with Crippen LogP contribution in [-0.2, 0) is 11.3 Å². The molecule has 8 heteroatoms. The van der Waals surface area contributed by atoms with Gasteiger partial charge >= 0.3 is 0 Å². The minimum absolute atomic E-state index is 0.0554. The third-order valence-corrected chi connectivity index (χ3v) is 4.56. The van der Waals surface area contributed by atoms with Crippen LogP contribution < -0.4 is 10.6 Å². The lowest BCUT2D eigenvalue weighted by molar-refractivity contribution is -0.123. The number of carbonyl (C=O) groups excluding carboxylic acids is 3. The zero-order valence-electron chi connectivity index (χ0n) is 14.3. The number of rotatable bonds is 4. The first kappa shape index (κ1) is 19.0. The molecule has 1 saturated heterocycles. The van der Waals surface area contributed by atoms with Crippen LogP contribution in [0.2, 0.25) is 0 Å². The van der Waals surface area contributed by atoms with E-state index in [4.69, 9.17) is 0 Å². The Morgan fingerprint density at radius 1 is 1.15 bits per heavy atom. The lowest BCUT2D eigenvalue weighted by Crippen LogP contribution is -2.49. The van der Waals surface area contributed by atoms with Gasteiger partial charge in [0, 0.05) is 35.2 Å². The van der Waals surface area contributed by atoms with Gasteiger partial charge in [0.15, 0.2) is 0 Å². The van der Waals surface area contributed by atoms with Gasteiger partial charge in [-0.05, 0) is 35.9 Å². The standard InChI is InChI=1S/C19H17BrFN3O3/c20-15-7-14(8-16(21)9-15)18(26)23-10-12-1-3-13(4-2-12)19(27)24-6-5-22-17(25)11-24/h1-4,7-9H,5-6,10-11H2,(H,22,25)(H,23,26). The summed E-state index contributed by atoms with van der Waals surface area (Å²) in [6, 6.07) is 10.8. The van der Waals surface area contributed by atoms with Gasteiger partial charge in [0.1, 0.15) is 5.82 Å². The Morgan fingerprint density at radius 2 is 1.89 bits per heavy atom. The molecule has 1 aliphatic rings. The van der Waals surface area contributed by atoms with Gasteiger partial charge in [-0.1, -0.05) is 28.1 Å². The zero-order chi connectivity index (χ0) is 19.4. The molecule has 1 fully saturated rings. The molecule has 1 aliphatic heterocycles. The molecule has 0 radical (unpaired) electrons. The molecule has 0 spiro atoms. The Morgan fingerprint density at radius 3 is 2.56 bits per heavy atom. The molecule has 2 N–H and O–H groups in total. The molecule has 3 amide bonds. The SMILES string of the molecule is O=C1CN(C(=O)c2ccc(CNC(=O)c3cc(F)cc(Br)c3)cc2)CCN1. The molecule has 0 bridgehead atoms. The fraction of sp³-hybridized carbons (Fsp3) is 0.211. The summed E-state index contributed by atoms with van der Waals surface area (Å²) in [5, 5.41) is 5.39. The number of hydrogen-bond acceptors (Lipinski definition) is 3. The number of benzene rings is 2. The fourth-order valence-electron chi connectivity index (χ4n) is 2.73. The van der Waals surface area contributed by atoms with Crippen LogP contribution in [-0.4, -0.2) is 42.3 Å². The van der Waals surface area contributed by atoms with Gasteiger partial charge < -0.3 is 15.5 Å². The van der Waals surface area contributed by atoms with Gasteiger partial charge in [-0.3, -0.25) is 14.4 Å². The lowest BCUT2D eigenvalue weighted by Gasteiger charge is -2.26. The van der Waals surface area contributed by atoms with Crippen LogP contribution >= 0.6 is 15.9 Å². The number of amides is 3. The second kappa shape index (κ2) is 8.30. The monoisotopic (exact) mass is 433 g/mol. The van der Waals surface area contributed by atoms with E-state index in [1.54, 1.807) is 24.3 Å². The van der Waals surface area contributed by atoms with E-state index in [9.17, 15) is 18.8 Å². The third-order valence-electron chi connectivity index (χ3n) is 4.10. The van der Waals surface area contributed by atoms with Gasteiger partial charge in [0.25, 0.3) is 11.8 Å². The van der Waals surface area contributed by atoms with Crippen LogP contribution in [0.4, 0.5) is 4.39 Å². The molecule has 0 aromatic heterocycles. The number of halogens is 2. The zero-order valence-corrected chi connectivity index (χ0v) is 15.9. The summed E-state index contributed by atoms with van der Waals surface area (Å²) >= 11 is 3.15. The summed E-state index contributed by atoms with van der Waals surface area (Å²) in [4.78, 5) is 37.4. The lowest BCUT2D eigenvalue weighted by atomic mass is 10.1. The van der Waals surface area contributed by atoms with Crippen molar-refractivity contribution in [3.8, 4) is 0 Å². The molecule has 2 aromatic carbocycles. The molecule has 2 aromatic rings. The Hall–Kier alpha value is -2.74. The van der Waals surface area contributed by atoms with Crippen LogP contribution in [0, 0.1) is 5.82 Å². The molecular weight excluding hydrogens is 417 g/mol. The topological polar surface area (TPSA) is 78.5 Å². The Kier molecular flexibility index (Phi) is 5.85. The predicted molar refractivity (Wildman–Crippen MR) is 101 cm³/mol. The van der Waals surface area contributed by atoms with Crippen molar-refractivity contribution in [2.45, 2.75) is 6.54 Å². The van der Waals surface area contributed by atoms with Crippen LogP contribution in [0.3, 0.4) is 0 Å². The van der Waals surface area contributed by atoms with Crippen LogP contribution in [0.1, 0.15) is 26.3 Å². The number of hydrogen-bond donors (Lipinski definition) is 2. The van der Waals surface area contributed by atoms with E-state index >= 15 is 0 Å². The number of nitrogens with zero attached hydrogens (tertiary/aromatic N) is 1. The summed E-state index contributed by atoms with van der Waals surface area (Å²) in [7, 11) is 0. The third kappa shape index (κ3) is 4.91. The van der Waals surface area contributed by atoms with E-state index in [0.29, 0.717) is 23.1 Å². The highest BCUT2D eigenvalue weighted by molar-refractivity contribution is 9.10. The van der Waals surface area contributed by atoms with Crippen molar-refractivity contribution >= 4 is 33.7 Å². The average Bonchev–Trinajstić information content (AvgIpc) is 2.65. The van der Waals surface area contributed by atoms with E-state index in [-0.39, 0.29) is 30.5 Å². The molecule has 6 nitrogen and oxygen atoms in total. The molecule has 0 saturated carbocycles. The maximum atomic E-state index is 13.4. The van der Waals surface area contributed by atoms with Gasteiger partial charge in [-0.2, -0.15) is 0 Å². The van der Waals surface area contributed by atoms with E-state index in [2.05, 4.69) is 26.6 Å². The normalized spacial score (nSPS) is 13.9. The van der Waals surface area contributed by atoms with E-state index in [0.717, 1.165) is 11.6 Å². The van der Waals surface area contributed by atoms with Crippen molar-refractivity contribution in [3.05, 3.63) is 69.4 Å². The average molecular weight is 434 g/mol. The van der Waals surface area contributed by atoms with Crippen molar-refractivity contribution in [2.24, 2.45) is 0 Å². The highest BCUT2D eigenvalue weighted by Gasteiger charge is 2.22. The first-order valence-corrected chi connectivity index (χ1v) is 9.11. The molecule has 0 atom stereocenters. The van der Waals surface area contributed by atoms with E-state index < -0.39 is 11.7 Å². The summed E-state index contributed by atoms with van der Waals surface area (Å²) in [5.74, 6) is -1.26. The van der Waals surface area contributed by atoms with Crippen LogP contribution in [0.15, 0.2) is 46.9 Å². The maximum absolute atomic E-state index is 13.4. The second-order valence-electron chi connectivity index (χ2n) is 6.11. The van der Waals surface area contributed by atoms with Crippen LogP contribution in [0.25, 0.3) is 0 Å². The van der Waals surface area contributed by atoms with E-state index in [1.165, 1.54) is 17.0 Å². The summed E-state index contributed by atoms with van der Waals surface area (Å²) < 4.78 is 13.9. The van der Waals surface area contributed by atoms with Crippen LogP contribution in [0.5, 0.6) is 0 Å². The number of piperazine rings is 1. The first-order chi connectivity index (χ1) is 12.9. The highest BCUT2D eigenvalue weighted by atomic mass is 79.9. The minimum Gasteiger partial charge on any atom is -0.353 e. The van der Waals surface area contributed by atoms with Crippen molar-refractivity contribution in [1.82, 2.24) is 15.5 Å². The molecule has 3 rings (SSSR count). The predicted octanol–water partition coefficient (Wildman–Crippen LogP) is 2.09. The quantitative estimate of drug-likeness (QED) is 0.774. The molecule has 0 aliphatic carbocycles. The summed E-state index contributed by atoms with van der Waals surface area (Å²) in [6.07, 6.45) is 0. The van der Waals surface area contributed by atoms with Gasteiger partial charge in [-0.15, -0.1) is 0 Å².